The highest BCUT2D eigenvalue weighted by Crippen LogP contribution is 2.37. The summed E-state index contributed by atoms with van der Waals surface area (Å²) in [6.07, 6.45) is 4.17. The molecule has 0 aromatic heterocycles. The summed E-state index contributed by atoms with van der Waals surface area (Å²) in [5.74, 6) is 0.521. The van der Waals surface area contributed by atoms with E-state index in [2.05, 4.69) is 0 Å². The van der Waals surface area contributed by atoms with Gasteiger partial charge in [-0.2, -0.15) is 0 Å². The number of hydrogen-bond donors (Lipinski definition) is 0. The fourth-order valence-corrected chi connectivity index (χ4v) is 3.34. The molecule has 1 spiro atoms. The molecule has 3 nitrogen and oxygen atoms in total. The predicted octanol–water partition coefficient (Wildman–Crippen LogP) is 2.77. The molecule has 0 amide bonds. The van der Waals surface area contributed by atoms with E-state index in [0.717, 1.165) is 44.5 Å². The third-order valence-corrected chi connectivity index (χ3v) is 4.57. The molecule has 0 radical (unpaired) electrons. The van der Waals surface area contributed by atoms with Crippen LogP contribution in [0.3, 0.4) is 0 Å². The lowest BCUT2D eigenvalue weighted by atomic mass is 9.78. The number of Topliss-reactive ketones (excluding diaryl/α,β-unsaturated/α-hetero) is 1. The van der Waals surface area contributed by atoms with Gasteiger partial charge in [0.2, 0.25) is 0 Å². The topological polar surface area (TPSA) is 35.5 Å². The molecular formula is C17H22O3. The highest BCUT2D eigenvalue weighted by atomic mass is 16.5. The zero-order chi connectivity index (χ0) is 13.8. The van der Waals surface area contributed by atoms with Crippen molar-refractivity contribution < 1.29 is 14.3 Å². The second-order valence-corrected chi connectivity index (χ2v) is 5.96. The lowest BCUT2D eigenvalue weighted by Gasteiger charge is -2.43. The van der Waals surface area contributed by atoms with Gasteiger partial charge in [-0.05, 0) is 31.2 Å². The molecule has 1 aromatic rings. The number of carbonyl (C=O) groups is 1. The molecular weight excluding hydrogens is 252 g/mol. The van der Waals surface area contributed by atoms with E-state index >= 15 is 0 Å². The van der Waals surface area contributed by atoms with Crippen LogP contribution >= 0.6 is 0 Å². The molecule has 2 saturated heterocycles. The van der Waals surface area contributed by atoms with Crippen LogP contribution in [0.2, 0.25) is 0 Å². The maximum atomic E-state index is 12.5. The Morgan fingerprint density at radius 1 is 1.15 bits per heavy atom. The van der Waals surface area contributed by atoms with Crippen molar-refractivity contribution in [1.29, 1.82) is 0 Å². The Morgan fingerprint density at radius 2 is 1.90 bits per heavy atom. The molecule has 0 saturated carbocycles. The van der Waals surface area contributed by atoms with Gasteiger partial charge in [0.05, 0.1) is 5.60 Å². The standard InChI is InChI=1S/C17H22O3/c18-16(12-14-4-2-1-3-5-14)15-6-9-20-17(13-15)7-10-19-11-8-17/h1-5,15H,6-13H2. The van der Waals surface area contributed by atoms with Crippen molar-refractivity contribution in [2.75, 3.05) is 19.8 Å². The van der Waals surface area contributed by atoms with E-state index in [1.54, 1.807) is 0 Å². The van der Waals surface area contributed by atoms with Gasteiger partial charge in [-0.15, -0.1) is 0 Å². The summed E-state index contributed by atoms with van der Waals surface area (Å²) < 4.78 is 11.4. The van der Waals surface area contributed by atoms with Crippen molar-refractivity contribution in [2.45, 2.75) is 37.7 Å². The van der Waals surface area contributed by atoms with Gasteiger partial charge < -0.3 is 9.47 Å². The van der Waals surface area contributed by atoms with Gasteiger partial charge in [0.15, 0.2) is 0 Å². The lowest BCUT2D eigenvalue weighted by Crippen LogP contribution is -2.46. The molecule has 0 N–H and O–H groups in total. The van der Waals surface area contributed by atoms with Gasteiger partial charge in [-0.1, -0.05) is 30.3 Å². The van der Waals surface area contributed by atoms with Crippen LogP contribution in [-0.2, 0) is 20.7 Å². The smallest absolute Gasteiger partial charge is 0.140 e. The molecule has 20 heavy (non-hydrogen) atoms. The molecule has 0 aliphatic carbocycles. The Balaban J connectivity index is 1.63. The quantitative estimate of drug-likeness (QED) is 0.850. The molecule has 2 aliphatic rings. The molecule has 0 bridgehead atoms. The number of ketones is 1. The van der Waals surface area contributed by atoms with E-state index in [1.807, 2.05) is 30.3 Å². The molecule has 2 fully saturated rings. The minimum absolute atomic E-state index is 0.0898. The largest absolute Gasteiger partial charge is 0.381 e. The average molecular weight is 274 g/mol. The summed E-state index contributed by atoms with van der Waals surface area (Å²) in [5.41, 5.74) is 1.03. The summed E-state index contributed by atoms with van der Waals surface area (Å²) in [5, 5.41) is 0. The summed E-state index contributed by atoms with van der Waals surface area (Å²) >= 11 is 0. The molecule has 2 heterocycles. The van der Waals surface area contributed by atoms with Gasteiger partial charge in [-0.3, -0.25) is 4.79 Å². The molecule has 1 aromatic carbocycles. The highest BCUT2D eigenvalue weighted by Gasteiger charge is 2.40. The third-order valence-electron chi connectivity index (χ3n) is 4.57. The van der Waals surface area contributed by atoms with Crippen LogP contribution in [0.1, 0.15) is 31.2 Å². The van der Waals surface area contributed by atoms with Crippen molar-refractivity contribution in [3.63, 3.8) is 0 Å². The van der Waals surface area contributed by atoms with Gasteiger partial charge in [0, 0.05) is 32.2 Å². The van der Waals surface area contributed by atoms with Gasteiger partial charge in [0.25, 0.3) is 0 Å². The van der Waals surface area contributed by atoms with E-state index in [4.69, 9.17) is 9.47 Å². The maximum Gasteiger partial charge on any atom is 0.140 e. The fourth-order valence-electron chi connectivity index (χ4n) is 3.34. The van der Waals surface area contributed by atoms with Crippen molar-refractivity contribution in [3.05, 3.63) is 35.9 Å². The SMILES string of the molecule is O=C(Cc1ccccc1)C1CCOC2(CCOCC2)C1. The van der Waals surface area contributed by atoms with Gasteiger partial charge in [-0.25, -0.2) is 0 Å². The van der Waals surface area contributed by atoms with Crippen LogP contribution < -0.4 is 0 Å². The summed E-state index contributed by atoms with van der Waals surface area (Å²) in [6.45, 7) is 2.24. The Labute approximate surface area is 120 Å². The fraction of sp³-hybridized carbons (Fsp3) is 0.588. The van der Waals surface area contributed by atoms with E-state index in [0.29, 0.717) is 18.8 Å². The number of benzene rings is 1. The van der Waals surface area contributed by atoms with Crippen LogP contribution in [0.5, 0.6) is 0 Å². The Kier molecular flexibility index (Phi) is 4.18. The molecule has 1 atom stereocenters. The van der Waals surface area contributed by atoms with Crippen LogP contribution in [-0.4, -0.2) is 31.2 Å². The van der Waals surface area contributed by atoms with Crippen LogP contribution in [0.4, 0.5) is 0 Å². The minimum atomic E-state index is -0.0898. The second kappa shape index (κ2) is 6.06. The van der Waals surface area contributed by atoms with Crippen molar-refractivity contribution in [1.82, 2.24) is 0 Å². The predicted molar refractivity (Wildman–Crippen MR) is 76.6 cm³/mol. The first-order valence-electron chi connectivity index (χ1n) is 7.56. The maximum absolute atomic E-state index is 12.5. The second-order valence-electron chi connectivity index (χ2n) is 5.96. The van der Waals surface area contributed by atoms with E-state index in [-0.39, 0.29) is 11.5 Å². The van der Waals surface area contributed by atoms with E-state index in [9.17, 15) is 4.79 Å². The number of ether oxygens (including phenoxy) is 2. The molecule has 108 valence electrons. The first-order chi connectivity index (χ1) is 9.77. The van der Waals surface area contributed by atoms with E-state index < -0.39 is 0 Å². The van der Waals surface area contributed by atoms with Crippen molar-refractivity contribution >= 4 is 5.78 Å². The number of hydrogen-bond acceptors (Lipinski definition) is 3. The van der Waals surface area contributed by atoms with Gasteiger partial charge >= 0.3 is 0 Å². The van der Waals surface area contributed by atoms with Crippen LogP contribution in [0.25, 0.3) is 0 Å². The first kappa shape index (κ1) is 13.8. The number of rotatable bonds is 3. The number of carbonyl (C=O) groups excluding carboxylic acids is 1. The first-order valence-corrected chi connectivity index (χ1v) is 7.56. The summed E-state index contributed by atoms with van der Waals surface area (Å²) in [6, 6.07) is 10.0. The Bertz CT molecular complexity index is 443. The Morgan fingerprint density at radius 3 is 2.65 bits per heavy atom. The zero-order valence-corrected chi connectivity index (χ0v) is 11.8. The van der Waals surface area contributed by atoms with Crippen LogP contribution in [0.15, 0.2) is 30.3 Å². The van der Waals surface area contributed by atoms with Crippen molar-refractivity contribution in [3.8, 4) is 0 Å². The normalized spacial score (nSPS) is 25.5. The zero-order valence-electron chi connectivity index (χ0n) is 11.8. The van der Waals surface area contributed by atoms with Crippen LogP contribution in [0, 0.1) is 5.92 Å². The molecule has 2 aliphatic heterocycles. The monoisotopic (exact) mass is 274 g/mol. The lowest BCUT2D eigenvalue weighted by molar-refractivity contribution is -0.156. The summed E-state index contributed by atoms with van der Waals surface area (Å²) in [4.78, 5) is 12.5. The van der Waals surface area contributed by atoms with E-state index in [1.165, 1.54) is 0 Å². The highest BCUT2D eigenvalue weighted by molar-refractivity contribution is 5.83. The third kappa shape index (κ3) is 3.10. The molecule has 3 heteroatoms. The van der Waals surface area contributed by atoms with Crippen molar-refractivity contribution in [2.24, 2.45) is 5.92 Å². The molecule has 3 rings (SSSR count). The molecule has 1 unspecified atom stereocenters. The van der Waals surface area contributed by atoms with Gasteiger partial charge in [0.1, 0.15) is 5.78 Å². The Hall–Kier alpha value is -1.19. The average Bonchev–Trinajstić information content (AvgIpc) is 2.49. The summed E-state index contributed by atoms with van der Waals surface area (Å²) in [7, 11) is 0. The minimum Gasteiger partial charge on any atom is -0.381 e.